The Balaban J connectivity index is 0.00000156. The van der Waals surface area contributed by atoms with Crippen LogP contribution in [0.15, 0.2) is 12.7 Å². The van der Waals surface area contributed by atoms with Gasteiger partial charge in [0.05, 0.1) is 12.9 Å². The molecule has 0 aliphatic carbocycles. The first-order chi connectivity index (χ1) is 10.5. The van der Waals surface area contributed by atoms with Crippen LogP contribution in [-0.4, -0.2) is 54.4 Å². The molecule has 2 fully saturated rings. The predicted molar refractivity (Wildman–Crippen MR) is 70.3 cm³/mol. The largest absolute Gasteiger partial charge is 1.00 e. The molecule has 2 saturated heterocycles. The summed E-state index contributed by atoms with van der Waals surface area (Å²) in [5, 5.41) is 10.4. The van der Waals surface area contributed by atoms with Crippen LogP contribution in [-0.2, 0) is 18.3 Å². The van der Waals surface area contributed by atoms with Crippen molar-refractivity contribution < 1.29 is 57.9 Å². The van der Waals surface area contributed by atoms with Gasteiger partial charge in [-0.3, -0.25) is 13.6 Å². The van der Waals surface area contributed by atoms with Crippen molar-refractivity contribution in [2.24, 2.45) is 0 Å². The molecular weight excluding hydrogens is 340 g/mol. The molecule has 0 radical (unpaired) electrons. The maximum atomic E-state index is 11.5. The summed E-state index contributed by atoms with van der Waals surface area (Å²) in [6.07, 6.45) is -1.07. The first-order valence-corrected chi connectivity index (χ1v) is 7.88. The zero-order valence-corrected chi connectivity index (χ0v) is 14.9. The van der Waals surface area contributed by atoms with Crippen molar-refractivity contribution in [2.75, 3.05) is 12.3 Å². The minimum Gasteiger partial charge on any atom is -0.386 e. The molecule has 4 N–H and O–H groups in total. The Hall–Kier alpha value is -0.620. The molecule has 0 spiro atoms. The van der Waals surface area contributed by atoms with Gasteiger partial charge in [-0.05, 0) is 0 Å². The quantitative estimate of drug-likeness (QED) is 0.343. The summed E-state index contributed by atoms with van der Waals surface area (Å²) in [5.41, 5.74) is 6.46. The molecule has 0 amide bonds. The van der Waals surface area contributed by atoms with Gasteiger partial charge in [-0.15, -0.1) is 0 Å². The average Bonchev–Trinajstić information content (AvgIpc) is 3.01. The predicted octanol–water partition coefficient (Wildman–Crippen LogP) is -3.81. The number of nitrogen functional groups attached to an aromatic ring is 1. The molecule has 5 atom stereocenters. The van der Waals surface area contributed by atoms with E-state index in [0.717, 1.165) is 0 Å². The summed E-state index contributed by atoms with van der Waals surface area (Å²) < 4.78 is 28.2. The van der Waals surface area contributed by atoms with Crippen molar-refractivity contribution >= 4 is 24.8 Å². The number of hydrogen-bond donors (Lipinski definition) is 3. The Kier molecular flexibility index (Phi) is 4.51. The molecule has 118 valence electrons. The monoisotopic (exact) mass is 352 g/mol. The smallest absolute Gasteiger partial charge is 0.386 e. The van der Waals surface area contributed by atoms with Crippen LogP contribution in [0.2, 0.25) is 0 Å². The van der Waals surface area contributed by atoms with Crippen molar-refractivity contribution in [1.29, 1.82) is 0 Å². The minimum atomic E-state index is -4.16. The number of phosphoric ester groups is 1. The van der Waals surface area contributed by atoms with Gasteiger partial charge in [-0.2, -0.15) is 0 Å². The number of rotatable bonds is 1. The fourth-order valence-electron chi connectivity index (χ4n) is 2.62. The zero-order chi connectivity index (χ0) is 15.5. The van der Waals surface area contributed by atoms with Gasteiger partial charge in [-0.25, -0.2) is 19.5 Å². The Morgan fingerprint density at radius 2 is 2.17 bits per heavy atom. The molecule has 2 aliphatic heterocycles. The van der Waals surface area contributed by atoms with Crippen LogP contribution in [0.25, 0.3) is 11.2 Å². The topological polar surface area (TPSA) is 155 Å². The number of nitrogens with two attached hydrogens (primary N) is 1. The van der Waals surface area contributed by atoms with Crippen molar-refractivity contribution in [3.8, 4) is 0 Å². The Morgan fingerprint density at radius 3 is 2.96 bits per heavy atom. The standard InChI is InChI=1S/C10H12N5O6P.Na/c11-8-5-9(13-2-12-8)15(3-14-5)10-6(16)7-4(20-10)1-19-22(17,18)21-7;/h2-4,6-7,10,16H,1H2,(H,17,18)(H2,11,12,13);/q;+1. The average molecular weight is 352 g/mol. The molecule has 0 bridgehead atoms. The Labute approximate surface area is 151 Å². The number of aliphatic hydroxyl groups is 1. The number of fused-ring (bicyclic) bond motifs is 2. The second-order valence-corrected chi connectivity index (χ2v) is 6.38. The first-order valence-electron chi connectivity index (χ1n) is 6.38. The third-order valence-corrected chi connectivity index (χ3v) is 4.61. The molecule has 5 unspecified atom stereocenters. The maximum Gasteiger partial charge on any atom is 1.00 e. The van der Waals surface area contributed by atoms with E-state index in [-0.39, 0.29) is 42.0 Å². The van der Waals surface area contributed by atoms with E-state index in [2.05, 4.69) is 19.5 Å². The van der Waals surface area contributed by atoms with E-state index in [9.17, 15) is 14.6 Å². The SMILES string of the molecule is Nc1ncnc2c1ncn2C1OC2COP(=O)(O)OC2C1O.[Na+]. The number of phosphoric acid groups is 1. The fourth-order valence-corrected chi connectivity index (χ4v) is 3.59. The van der Waals surface area contributed by atoms with Gasteiger partial charge in [-0.1, -0.05) is 0 Å². The molecule has 2 aromatic heterocycles. The number of nitrogens with zero attached hydrogens (tertiary/aromatic N) is 4. The zero-order valence-electron chi connectivity index (χ0n) is 12.0. The fraction of sp³-hybridized carbons (Fsp3) is 0.500. The van der Waals surface area contributed by atoms with E-state index in [1.54, 1.807) is 0 Å². The van der Waals surface area contributed by atoms with Crippen LogP contribution < -0.4 is 35.3 Å². The van der Waals surface area contributed by atoms with Gasteiger partial charge in [0, 0.05) is 0 Å². The maximum absolute atomic E-state index is 11.5. The van der Waals surface area contributed by atoms with Gasteiger partial charge >= 0.3 is 37.4 Å². The van der Waals surface area contributed by atoms with Crippen molar-refractivity contribution in [3.05, 3.63) is 12.7 Å². The number of imidazole rings is 1. The first kappa shape index (κ1) is 17.2. The van der Waals surface area contributed by atoms with E-state index in [4.69, 9.17) is 15.0 Å². The molecule has 13 heteroatoms. The van der Waals surface area contributed by atoms with Crippen LogP contribution in [0.5, 0.6) is 0 Å². The second kappa shape index (κ2) is 6.03. The normalized spacial score (nSPS) is 36.6. The summed E-state index contributed by atoms with van der Waals surface area (Å²) >= 11 is 0. The summed E-state index contributed by atoms with van der Waals surface area (Å²) in [7, 11) is -4.16. The third-order valence-electron chi connectivity index (χ3n) is 3.63. The third kappa shape index (κ3) is 2.82. The molecule has 2 aliphatic rings. The Morgan fingerprint density at radius 1 is 1.39 bits per heavy atom. The van der Waals surface area contributed by atoms with Gasteiger partial charge in [0.2, 0.25) is 0 Å². The number of aromatic nitrogens is 4. The molecule has 23 heavy (non-hydrogen) atoms. The van der Waals surface area contributed by atoms with Crippen LogP contribution in [0.3, 0.4) is 0 Å². The number of ether oxygens (including phenoxy) is 1. The van der Waals surface area contributed by atoms with E-state index >= 15 is 0 Å². The number of hydrogen-bond acceptors (Lipinski definition) is 9. The summed E-state index contributed by atoms with van der Waals surface area (Å²) in [4.78, 5) is 21.3. The van der Waals surface area contributed by atoms with Crippen LogP contribution in [0, 0.1) is 0 Å². The van der Waals surface area contributed by atoms with Crippen LogP contribution in [0.1, 0.15) is 6.23 Å². The second-order valence-electron chi connectivity index (χ2n) is 4.97. The van der Waals surface area contributed by atoms with Gasteiger partial charge in [0.15, 0.2) is 17.7 Å². The summed E-state index contributed by atoms with van der Waals surface area (Å²) in [5.74, 6) is 0.202. The van der Waals surface area contributed by atoms with E-state index in [1.807, 2.05) is 0 Å². The summed E-state index contributed by atoms with van der Waals surface area (Å²) in [6, 6.07) is 0. The van der Waals surface area contributed by atoms with E-state index in [1.165, 1.54) is 17.2 Å². The van der Waals surface area contributed by atoms with E-state index in [0.29, 0.717) is 11.2 Å². The molecule has 2 aromatic rings. The Bertz CT molecular complexity index is 788. The molecule has 4 rings (SSSR count). The van der Waals surface area contributed by atoms with Crippen LogP contribution >= 0.6 is 7.82 Å². The van der Waals surface area contributed by atoms with Gasteiger partial charge in [0.25, 0.3) is 0 Å². The minimum absolute atomic E-state index is 0. The molecule has 4 heterocycles. The van der Waals surface area contributed by atoms with Gasteiger partial charge in [0.1, 0.15) is 30.2 Å². The van der Waals surface area contributed by atoms with Crippen LogP contribution in [0.4, 0.5) is 5.82 Å². The number of aliphatic hydroxyl groups excluding tert-OH is 1. The van der Waals surface area contributed by atoms with E-state index < -0.39 is 32.4 Å². The van der Waals surface area contributed by atoms with Gasteiger partial charge < -0.3 is 20.5 Å². The number of anilines is 1. The van der Waals surface area contributed by atoms with Crippen molar-refractivity contribution in [1.82, 2.24) is 19.5 Å². The molecule has 0 aromatic carbocycles. The van der Waals surface area contributed by atoms with Crippen molar-refractivity contribution in [2.45, 2.75) is 24.5 Å². The molecule has 11 nitrogen and oxygen atoms in total. The summed E-state index contributed by atoms with van der Waals surface area (Å²) in [6.45, 7) is -0.157. The molecular formula is C10H12N5NaO6P+. The van der Waals surface area contributed by atoms with Crippen molar-refractivity contribution in [3.63, 3.8) is 0 Å². The molecule has 0 saturated carbocycles.